The van der Waals surface area contributed by atoms with Crippen molar-refractivity contribution in [2.75, 3.05) is 0 Å². The highest BCUT2D eigenvalue weighted by Gasteiger charge is 2.18. The lowest BCUT2D eigenvalue weighted by atomic mass is 10.2. The minimum atomic E-state index is -0.581. The number of carbonyl (C=O) groups is 3. The normalized spacial score (nSPS) is 13.0. The molecule has 1 aromatic rings. The van der Waals surface area contributed by atoms with E-state index in [1.54, 1.807) is 26.0 Å². The van der Waals surface area contributed by atoms with E-state index >= 15 is 0 Å². The summed E-state index contributed by atoms with van der Waals surface area (Å²) in [7, 11) is 0. The number of hydrazine groups is 1. The number of alkyl halides is 2. The van der Waals surface area contributed by atoms with Crippen molar-refractivity contribution in [3.8, 4) is 5.75 Å². The van der Waals surface area contributed by atoms with Crippen LogP contribution in [0.25, 0.3) is 0 Å². The van der Waals surface area contributed by atoms with Gasteiger partial charge in [0.05, 0.1) is 10.4 Å². The quantitative estimate of drug-likeness (QED) is 0.336. The molecule has 0 aromatic heterocycles. The Labute approximate surface area is 138 Å². The summed E-state index contributed by atoms with van der Waals surface area (Å²) in [5.41, 5.74) is 4.64. The Morgan fingerprint density at radius 2 is 1.67 bits per heavy atom. The Hall–Kier alpha value is -1.41. The Bertz CT molecular complexity index is 547. The Morgan fingerprint density at radius 1 is 1.05 bits per heavy atom. The number of rotatable bonds is 4. The van der Waals surface area contributed by atoms with Crippen LogP contribution in [0.1, 0.15) is 24.2 Å². The lowest BCUT2D eigenvalue weighted by Gasteiger charge is -2.12. The minimum Gasteiger partial charge on any atom is -0.425 e. The van der Waals surface area contributed by atoms with Gasteiger partial charge in [0.15, 0.2) is 0 Å². The molecule has 0 aliphatic carbocycles. The van der Waals surface area contributed by atoms with Crippen molar-refractivity contribution in [1.29, 1.82) is 0 Å². The van der Waals surface area contributed by atoms with Crippen LogP contribution in [0.2, 0.25) is 0 Å². The molecule has 0 bridgehead atoms. The van der Waals surface area contributed by atoms with Crippen molar-refractivity contribution in [3.63, 3.8) is 0 Å². The maximum absolute atomic E-state index is 12.0. The topological polar surface area (TPSA) is 84.5 Å². The zero-order chi connectivity index (χ0) is 16.0. The number of hydrogen-bond acceptors (Lipinski definition) is 4. The van der Waals surface area contributed by atoms with Crippen LogP contribution < -0.4 is 15.6 Å². The maximum Gasteiger partial charge on any atom is 0.324 e. The van der Waals surface area contributed by atoms with Crippen LogP contribution in [0.5, 0.6) is 5.75 Å². The predicted molar refractivity (Wildman–Crippen MR) is 84.5 cm³/mol. The molecule has 2 atom stereocenters. The van der Waals surface area contributed by atoms with Crippen LogP contribution in [0.15, 0.2) is 24.3 Å². The van der Waals surface area contributed by atoms with E-state index in [9.17, 15) is 14.4 Å². The van der Waals surface area contributed by atoms with Gasteiger partial charge in [-0.05, 0) is 26.0 Å². The van der Waals surface area contributed by atoms with E-state index in [1.165, 1.54) is 12.1 Å². The molecule has 0 saturated heterocycles. The van der Waals surface area contributed by atoms with Gasteiger partial charge < -0.3 is 4.74 Å². The van der Waals surface area contributed by atoms with Crippen LogP contribution >= 0.6 is 31.9 Å². The molecule has 1 rings (SSSR count). The average Bonchev–Trinajstić information content (AvgIpc) is 2.44. The third kappa shape index (κ3) is 5.47. The molecule has 21 heavy (non-hydrogen) atoms. The summed E-state index contributed by atoms with van der Waals surface area (Å²) >= 11 is 6.16. The Morgan fingerprint density at radius 3 is 2.24 bits per heavy atom. The van der Waals surface area contributed by atoms with Gasteiger partial charge in [-0.2, -0.15) is 0 Å². The second kappa shape index (κ2) is 8.14. The van der Waals surface area contributed by atoms with Crippen LogP contribution in [-0.2, 0) is 9.59 Å². The second-order valence-electron chi connectivity index (χ2n) is 4.09. The number of para-hydroxylation sites is 1. The first-order valence-electron chi connectivity index (χ1n) is 6.02. The fraction of sp³-hybridized carbons (Fsp3) is 0.308. The van der Waals surface area contributed by atoms with E-state index in [2.05, 4.69) is 42.7 Å². The van der Waals surface area contributed by atoms with Gasteiger partial charge in [0.25, 0.3) is 11.8 Å². The fourth-order valence-electron chi connectivity index (χ4n) is 1.22. The summed E-state index contributed by atoms with van der Waals surface area (Å²) in [6.07, 6.45) is 0. The van der Waals surface area contributed by atoms with Gasteiger partial charge in [-0.25, -0.2) is 0 Å². The van der Waals surface area contributed by atoms with Crippen molar-refractivity contribution in [3.05, 3.63) is 29.8 Å². The highest BCUT2D eigenvalue weighted by Crippen LogP contribution is 2.19. The summed E-state index contributed by atoms with van der Waals surface area (Å²) in [6.45, 7) is 3.23. The van der Waals surface area contributed by atoms with Gasteiger partial charge in [-0.3, -0.25) is 25.2 Å². The molecule has 0 saturated carbocycles. The first-order chi connectivity index (χ1) is 9.82. The van der Waals surface area contributed by atoms with E-state index in [4.69, 9.17) is 4.74 Å². The number of hydrogen-bond donors (Lipinski definition) is 2. The standard InChI is InChI=1S/C13H14Br2N2O4/c1-7(14)11(18)16-17-12(19)9-5-3-4-6-10(9)21-13(20)8(2)15/h3-8H,1-2H3,(H,16,18)(H,17,19)/t7-,8-/m0/s1. The first kappa shape index (κ1) is 17.6. The molecular formula is C13H14Br2N2O4. The molecule has 1 aromatic carbocycles. The predicted octanol–water partition coefficient (Wildman–Crippen LogP) is 1.92. The van der Waals surface area contributed by atoms with Gasteiger partial charge in [0.1, 0.15) is 10.6 Å². The molecule has 0 fully saturated rings. The molecule has 0 aliphatic heterocycles. The fourth-order valence-corrected chi connectivity index (χ4v) is 1.43. The van der Waals surface area contributed by atoms with Crippen LogP contribution in [0.3, 0.4) is 0 Å². The van der Waals surface area contributed by atoms with Gasteiger partial charge in [0, 0.05) is 0 Å². The first-order valence-corrected chi connectivity index (χ1v) is 7.85. The van der Waals surface area contributed by atoms with Gasteiger partial charge in [-0.15, -0.1) is 0 Å². The van der Waals surface area contributed by atoms with E-state index in [0.29, 0.717) is 0 Å². The number of benzene rings is 1. The van der Waals surface area contributed by atoms with Crippen LogP contribution in [0, 0.1) is 0 Å². The number of nitrogens with one attached hydrogen (secondary N) is 2. The number of esters is 1. The van der Waals surface area contributed by atoms with Crippen molar-refractivity contribution in [2.24, 2.45) is 0 Å². The van der Waals surface area contributed by atoms with Crippen molar-refractivity contribution < 1.29 is 19.1 Å². The van der Waals surface area contributed by atoms with E-state index in [-0.39, 0.29) is 11.3 Å². The summed E-state index contributed by atoms with van der Waals surface area (Å²) in [6, 6.07) is 6.24. The van der Waals surface area contributed by atoms with Crippen molar-refractivity contribution in [1.82, 2.24) is 10.9 Å². The zero-order valence-electron chi connectivity index (χ0n) is 11.4. The van der Waals surface area contributed by atoms with Crippen molar-refractivity contribution in [2.45, 2.75) is 23.5 Å². The summed E-state index contributed by atoms with van der Waals surface area (Å²) < 4.78 is 5.11. The number of amides is 2. The summed E-state index contributed by atoms with van der Waals surface area (Å²) in [5.74, 6) is -1.38. The van der Waals surface area contributed by atoms with E-state index in [1.807, 2.05) is 0 Å². The van der Waals surface area contributed by atoms with E-state index in [0.717, 1.165) is 0 Å². The lowest BCUT2D eigenvalue weighted by Crippen LogP contribution is -2.44. The smallest absolute Gasteiger partial charge is 0.324 e. The molecule has 114 valence electrons. The van der Waals surface area contributed by atoms with Crippen LogP contribution in [-0.4, -0.2) is 27.4 Å². The molecule has 0 radical (unpaired) electrons. The van der Waals surface area contributed by atoms with Crippen molar-refractivity contribution >= 4 is 49.6 Å². The highest BCUT2D eigenvalue weighted by atomic mass is 79.9. The third-order valence-electron chi connectivity index (χ3n) is 2.33. The molecule has 6 nitrogen and oxygen atoms in total. The number of halogens is 2. The second-order valence-corrected chi connectivity index (χ2v) is 6.84. The minimum absolute atomic E-state index is 0.118. The molecule has 2 N–H and O–H groups in total. The Kier molecular flexibility index (Phi) is 6.83. The zero-order valence-corrected chi connectivity index (χ0v) is 14.5. The summed E-state index contributed by atoms with van der Waals surface area (Å²) in [5, 5.41) is 0. The highest BCUT2D eigenvalue weighted by molar-refractivity contribution is 9.10. The maximum atomic E-state index is 12.0. The van der Waals surface area contributed by atoms with E-state index < -0.39 is 27.4 Å². The van der Waals surface area contributed by atoms with Gasteiger partial charge in [0.2, 0.25) is 0 Å². The van der Waals surface area contributed by atoms with Crippen LogP contribution in [0.4, 0.5) is 0 Å². The molecule has 0 spiro atoms. The molecule has 0 heterocycles. The molecule has 0 aliphatic rings. The SMILES string of the molecule is C[C@H](Br)C(=O)NNC(=O)c1ccccc1OC(=O)[C@H](C)Br. The van der Waals surface area contributed by atoms with Gasteiger partial charge in [-0.1, -0.05) is 44.0 Å². The summed E-state index contributed by atoms with van der Waals surface area (Å²) in [4.78, 5) is 34.0. The Balaban J connectivity index is 2.80. The monoisotopic (exact) mass is 420 g/mol. The number of ether oxygens (including phenoxy) is 1. The molecule has 2 amide bonds. The largest absolute Gasteiger partial charge is 0.425 e. The molecular weight excluding hydrogens is 408 g/mol. The average molecular weight is 422 g/mol. The van der Waals surface area contributed by atoms with Gasteiger partial charge >= 0.3 is 5.97 Å². The third-order valence-corrected chi connectivity index (χ3v) is 3.12. The lowest BCUT2D eigenvalue weighted by molar-refractivity contribution is -0.133. The molecule has 0 unspecified atom stereocenters. The molecule has 8 heteroatoms. The number of carbonyl (C=O) groups excluding carboxylic acids is 3.